The van der Waals surface area contributed by atoms with Gasteiger partial charge in [0.2, 0.25) is 5.82 Å². The highest BCUT2D eigenvalue weighted by Crippen LogP contribution is 2.29. The van der Waals surface area contributed by atoms with E-state index in [4.69, 9.17) is 10.5 Å². The van der Waals surface area contributed by atoms with Gasteiger partial charge in [0.15, 0.2) is 0 Å². The van der Waals surface area contributed by atoms with Crippen LogP contribution in [0.2, 0.25) is 0 Å². The lowest BCUT2D eigenvalue weighted by molar-refractivity contribution is -0.159. The number of rotatable bonds is 6. The molecule has 1 aromatic carbocycles. The van der Waals surface area contributed by atoms with Gasteiger partial charge in [-0.05, 0) is 36.5 Å². The second-order valence-corrected chi connectivity index (χ2v) is 7.03. The molecule has 1 unspecified atom stereocenters. The smallest absolute Gasteiger partial charge is 0.405 e. The Balaban J connectivity index is 1.62. The third-order valence-electron chi connectivity index (χ3n) is 4.78. The van der Waals surface area contributed by atoms with E-state index in [1.54, 1.807) is 0 Å². The number of halogens is 3. The maximum absolute atomic E-state index is 12.8. The quantitative estimate of drug-likeness (QED) is 0.531. The SMILES string of the molecule is CN=C(C=CN)C(=O)NCC1COCCN1C(=O)Nc1ccc(-c2noc(C(F)(F)F)n2)cc1. The summed E-state index contributed by atoms with van der Waals surface area (Å²) >= 11 is 0. The van der Waals surface area contributed by atoms with E-state index >= 15 is 0 Å². The number of aliphatic imine (C=N–C) groups is 1. The third-order valence-corrected chi connectivity index (χ3v) is 4.78. The van der Waals surface area contributed by atoms with Crippen LogP contribution in [0, 0.1) is 0 Å². The van der Waals surface area contributed by atoms with Crippen molar-refractivity contribution >= 4 is 23.3 Å². The highest BCUT2D eigenvalue weighted by Gasteiger charge is 2.38. The molecule has 14 heteroatoms. The molecule has 0 radical (unpaired) electrons. The summed E-state index contributed by atoms with van der Waals surface area (Å²) < 4.78 is 47.5. The van der Waals surface area contributed by atoms with Crippen LogP contribution in [-0.4, -0.2) is 72.1 Å². The molecule has 3 amide bonds. The number of anilines is 1. The molecule has 0 bridgehead atoms. The van der Waals surface area contributed by atoms with Gasteiger partial charge in [-0.3, -0.25) is 9.79 Å². The zero-order chi connectivity index (χ0) is 24.7. The summed E-state index contributed by atoms with van der Waals surface area (Å²) in [6.45, 7) is 0.970. The number of amides is 3. The summed E-state index contributed by atoms with van der Waals surface area (Å²) in [5.41, 5.74) is 6.12. The average molecular weight is 481 g/mol. The van der Waals surface area contributed by atoms with E-state index in [9.17, 15) is 22.8 Å². The van der Waals surface area contributed by atoms with Gasteiger partial charge in [0, 0.05) is 31.4 Å². The van der Waals surface area contributed by atoms with Crippen LogP contribution in [0.3, 0.4) is 0 Å². The largest absolute Gasteiger partial charge is 0.471 e. The van der Waals surface area contributed by atoms with Crippen LogP contribution in [-0.2, 0) is 15.7 Å². The number of ether oxygens (including phenoxy) is 1. The fraction of sp³-hybridized carbons (Fsp3) is 0.350. The lowest BCUT2D eigenvalue weighted by Crippen LogP contribution is -2.55. The number of urea groups is 1. The summed E-state index contributed by atoms with van der Waals surface area (Å²) in [5, 5.41) is 8.73. The van der Waals surface area contributed by atoms with Crippen LogP contribution in [0.4, 0.5) is 23.7 Å². The van der Waals surface area contributed by atoms with E-state index < -0.39 is 30.0 Å². The second kappa shape index (κ2) is 10.8. The van der Waals surface area contributed by atoms with Gasteiger partial charge in [-0.1, -0.05) is 5.16 Å². The lowest BCUT2D eigenvalue weighted by atomic mass is 10.2. The predicted octanol–water partition coefficient (Wildman–Crippen LogP) is 1.65. The molecule has 0 spiro atoms. The van der Waals surface area contributed by atoms with Crippen molar-refractivity contribution in [1.82, 2.24) is 20.4 Å². The Morgan fingerprint density at radius 1 is 1.32 bits per heavy atom. The zero-order valence-electron chi connectivity index (χ0n) is 18.0. The molecule has 34 heavy (non-hydrogen) atoms. The minimum absolute atomic E-state index is 0.127. The molecule has 4 N–H and O–H groups in total. The molecule has 1 aromatic heterocycles. The highest BCUT2D eigenvalue weighted by molar-refractivity contribution is 6.43. The summed E-state index contributed by atoms with van der Waals surface area (Å²) in [4.78, 5) is 33.7. The Bertz CT molecular complexity index is 1070. The second-order valence-electron chi connectivity index (χ2n) is 7.03. The van der Waals surface area contributed by atoms with Crippen molar-refractivity contribution in [2.45, 2.75) is 12.2 Å². The van der Waals surface area contributed by atoms with Gasteiger partial charge >= 0.3 is 18.1 Å². The zero-order valence-corrected chi connectivity index (χ0v) is 18.0. The van der Waals surface area contributed by atoms with Gasteiger partial charge in [0.05, 0.1) is 19.3 Å². The standard InChI is InChI=1S/C20H22F3N7O4/c1-25-15(6-7-24)17(31)26-10-14-11-33-9-8-30(14)19(32)27-13-4-2-12(3-5-13)16-28-18(34-29-16)20(21,22)23/h2-7,14H,8-11,24H2,1H3,(H,26,31)(H,27,32). The molecule has 0 aliphatic carbocycles. The molecular weight excluding hydrogens is 459 g/mol. The number of nitrogens with one attached hydrogen (secondary N) is 2. The fourth-order valence-electron chi connectivity index (χ4n) is 3.09. The molecule has 0 saturated carbocycles. The monoisotopic (exact) mass is 481 g/mol. The summed E-state index contributed by atoms with van der Waals surface area (Å²) in [6.07, 6.45) is -2.18. The Morgan fingerprint density at radius 2 is 2.06 bits per heavy atom. The van der Waals surface area contributed by atoms with Gasteiger partial charge in [-0.2, -0.15) is 18.2 Å². The highest BCUT2D eigenvalue weighted by atomic mass is 19.4. The molecule has 1 saturated heterocycles. The molecule has 2 heterocycles. The predicted molar refractivity (Wildman–Crippen MR) is 115 cm³/mol. The van der Waals surface area contributed by atoms with Gasteiger partial charge in [0.25, 0.3) is 5.91 Å². The van der Waals surface area contributed by atoms with Crippen molar-refractivity contribution < 1.29 is 32.0 Å². The van der Waals surface area contributed by atoms with Crippen LogP contribution < -0.4 is 16.4 Å². The number of carbonyl (C=O) groups is 2. The molecule has 2 aromatic rings. The van der Waals surface area contributed by atoms with Gasteiger partial charge in [-0.25, -0.2) is 4.79 Å². The molecule has 1 aliphatic rings. The Labute approximate surface area is 191 Å². The van der Waals surface area contributed by atoms with Crippen LogP contribution in [0.5, 0.6) is 0 Å². The van der Waals surface area contributed by atoms with Crippen molar-refractivity contribution in [2.75, 3.05) is 38.7 Å². The number of morpholine rings is 1. The van der Waals surface area contributed by atoms with E-state index in [1.165, 1.54) is 48.5 Å². The van der Waals surface area contributed by atoms with Crippen LogP contribution >= 0.6 is 0 Å². The van der Waals surface area contributed by atoms with Crippen LogP contribution in [0.1, 0.15) is 5.89 Å². The molecule has 3 rings (SSSR count). The van der Waals surface area contributed by atoms with Crippen molar-refractivity contribution in [2.24, 2.45) is 10.7 Å². The Morgan fingerprint density at radius 3 is 2.68 bits per heavy atom. The number of hydrogen-bond acceptors (Lipinski definition) is 8. The molecule has 182 valence electrons. The number of hydrogen-bond donors (Lipinski definition) is 3. The number of nitrogens with two attached hydrogens (primary N) is 1. The summed E-state index contributed by atoms with van der Waals surface area (Å²) in [5.74, 6) is -2.11. The summed E-state index contributed by atoms with van der Waals surface area (Å²) in [7, 11) is 1.46. The third kappa shape index (κ3) is 6.10. The molecule has 1 atom stereocenters. The normalized spacial score (nSPS) is 17.1. The first-order valence-electron chi connectivity index (χ1n) is 10.0. The van der Waals surface area contributed by atoms with Crippen molar-refractivity contribution in [3.05, 3.63) is 42.4 Å². The maximum Gasteiger partial charge on any atom is 0.471 e. The number of aromatic nitrogens is 2. The number of benzene rings is 1. The molecular formula is C20H22F3N7O4. The van der Waals surface area contributed by atoms with Gasteiger partial charge in [0.1, 0.15) is 5.71 Å². The van der Waals surface area contributed by atoms with E-state index in [2.05, 4.69) is 30.3 Å². The number of carbonyl (C=O) groups excluding carboxylic acids is 2. The van der Waals surface area contributed by atoms with Gasteiger partial charge < -0.3 is 30.5 Å². The minimum atomic E-state index is -4.74. The topological polar surface area (TPSA) is 148 Å². The maximum atomic E-state index is 12.8. The Hall–Kier alpha value is -3.94. The first-order valence-corrected chi connectivity index (χ1v) is 10.0. The van der Waals surface area contributed by atoms with E-state index in [-0.39, 0.29) is 30.3 Å². The fourth-order valence-corrected chi connectivity index (χ4v) is 3.09. The van der Waals surface area contributed by atoms with Crippen LogP contribution in [0.25, 0.3) is 11.4 Å². The minimum Gasteiger partial charge on any atom is -0.405 e. The van der Waals surface area contributed by atoms with E-state index in [1.807, 2.05) is 0 Å². The molecule has 1 fully saturated rings. The molecule has 11 nitrogen and oxygen atoms in total. The lowest BCUT2D eigenvalue weighted by Gasteiger charge is -2.35. The Kier molecular flexibility index (Phi) is 7.83. The first-order chi connectivity index (χ1) is 16.2. The van der Waals surface area contributed by atoms with E-state index in [0.717, 1.165) is 0 Å². The van der Waals surface area contributed by atoms with Gasteiger partial charge in [-0.15, -0.1) is 0 Å². The van der Waals surface area contributed by atoms with Crippen LogP contribution in [0.15, 0.2) is 46.1 Å². The summed E-state index contributed by atoms with van der Waals surface area (Å²) in [6, 6.07) is 5.04. The van der Waals surface area contributed by atoms with Crippen molar-refractivity contribution in [3.63, 3.8) is 0 Å². The van der Waals surface area contributed by atoms with E-state index in [0.29, 0.717) is 18.8 Å². The number of nitrogens with zero attached hydrogens (tertiary/aromatic N) is 4. The first kappa shape index (κ1) is 24.7. The van der Waals surface area contributed by atoms with Crippen molar-refractivity contribution in [3.8, 4) is 11.4 Å². The number of alkyl halides is 3. The average Bonchev–Trinajstić information content (AvgIpc) is 3.33. The molecule has 1 aliphatic heterocycles. The van der Waals surface area contributed by atoms with Crippen molar-refractivity contribution in [1.29, 1.82) is 0 Å².